The van der Waals surface area contributed by atoms with Crippen LogP contribution in [0.3, 0.4) is 0 Å². The molecule has 0 spiro atoms. The van der Waals surface area contributed by atoms with E-state index >= 15 is 0 Å². The van der Waals surface area contributed by atoms with Gasteiger partial charge in [0.15, 0.2) is 5.69 Å². The van der Waals surface area contributed by atoms with Crippen LogP contribution < -0.4 is 9.80 Å². The Balaban J connectivity index is 1.60. The first-order valence-electron chi connectivity index (χ1n) is 10.9. The van der Waals surface area contributed by atoms with E-state index in [2.05, 4.69) is 9.97 Å². The summed E-state index contributed by atoms with van der Waals surface area (Å²) < 4.78 is 42.8. The number of rotatable bonds is 5. The second kappa shape index (κ2) is 7.61. The zero-order valence-electron chi connectivity index (χ0n) is 17.9. The molecule has 1 aromatic heterocycles. The van der Waals surface area contributed by atoms with Gasteiger partial charge < -0.3 is 14.9 Å². The maximum absolute atomic E-state index is 14.3. The van der Waals surface area contributed by atoms with E-state index in [0.29, 0.717) is 30.8 Å². The van der Waals surface area contributed by atoms with Crippen molar-refractivity contribution in [1.29, 1.82) is 5.26 Å². The monoisotopic (exact) mass is 457 g/mol. The van der Waals surface area contributed by atoms with Crippen LogP contribution in [-0.2, 0) is 11.0 Å². The SMILES string of the molecule is C[C@H]1CCN1c1nc(N2C[C@@H]3C(CC(=O)O)[C@@H]3C2)c(-c2ccc(C#N)cc2)c(C(F)(F)F)n1. The number of carboxylic acid groups (broad SMARTS) is 1. The second-order valence-corrected chi connectivity index (χ2v) is 9.08. The molecule has 0 bridgehead atoms. The van der Waals surface area contributed by atoms with Crippen LogP contribution in [0.5, 0.6) is 0 Å². The molecule has 3 aliphatic rings. The quantitative estimate of drug-likeness (QED) is 0.730. The Bertz CT molecular complexity index is 1130. The van der Waals surface area contributed by atoms with Crippen LogP contribution in [0.4, 0.5) is 24.9 Å². The molecule has 0 radical (unpaired) electrons. The Morgan fingerprint density at radius 2 is 1.88 bits per heavy atom. The Labute approximate surface area is 188 Å². The van der Waals surface area contributed by atoms with Crippen molar-refractivity contribution in [2.75, 3.05) is 29.4 Å². The van der Waals surface area contributed by atoms with Gasteiger partial charge in [-0.05, 0) is 48.8 Å². The van der Waals surface area contributed by atoms with Gasteiger partial charge in [-0.25, -0.2) is 4.98 Å². The number of carboxylic acids is 1. The predicted molar refractivity (Wildman–Crippen MR) is 114 cm³/mol. The van der Waals surface area contributed by atoms with Crippen LogP contribution in [-0.4, -0.2) is 46.7 Å². The van der Waals surface area contributed by atoms with Crippen molar-refractivity contribution in [2.24, 2.45) is 17.8 Å². The lowest BCUT2D eigenvalue weighted by Crippen LogP contribution is -2.47. The summed E-state index contributed by atoms with van der Waals surface area (Å²) in [6.07, 6.45) is -3.75. The number of anilines is 2. The number of nitrogens with zero attached hydrogens (tertiary/aromatic N) is 5. The zero-order chi connectivity index (χ0) is 23.5. The van der Waals surface area contributed by atoms with Crippen molar-refractivity contribution in [1.82, 2.24) is 9.97 Å². The Hall–Kier alpha value is -3.35. The molecule has 10 heteroatoms. The van der Waals surface area contributed by atoms with Crippen LogP contribution >= 0.6 is 0 Å². The predicted octanol–water partition coefficient (Wildman–Crippen LogP) is 3.79. The molecule has 2 aliphatic heterocycles. The first-order chi connectivity index (χ1) is 15.7. The Morgan fingerprint density at radius 3 is 2.36 bits per heavy atom. The zero-order valence-corrected chi connectivity index (χ0v) is 17.9. The average molecular weight is 457 g/mol. The summed E-state index contributed by atoms with van der Waals surface area (Å²) in [7, 11) is 0. The third-order valence-corrected chi connectivity index (χ3v) is 7.11. The van der Waals surface area contributed by atoms with E-state index < -0.39 is 17.8 Å². The number of halogens is 3. The largest absolute Gasteiger partial charge is 0.481 e. The van der Waals surface area contributed by atoms with Gasteiger partial charge >= 0.3 is 12.1 Å². The summed E-state index contributed by atoms with van der Waals surface area (Å²) in [5.74, 6) is -0.213. The van der Waals surface area contributed by atoms with Crippen LogP contribution in [0, 0.1) is 29.1 Å². The molecule has 1 aliphatic carbocycles. The molecule has 2 aromatic rings. The third-order valence-electron chi connectivity index (χ3n) is 7.11. The minimum Gasteiger partial charge on any atom is -0.481 e. The molecule has 1 saturated carbocycles. The van der Waals surface area contributed by atoms with Gasteiger partial charge in [-0.15, -0.1) is 0 Å². The highest BCUT2D eigenvalue weighted by molar-refractivity contribution is 5.80. The van der Waals surface area contributed by atoms with E-state index in [0.717, 1.165) is 6.42 Å². The smallest absolute Gasteiger partial charge is 0.434 e. The molecule has 7 nitrogen and oxygen atoms in total. The molecule has 1 aromatic carbocycles. The highest BCUT2D eigenvalue weighted by Crippen LogP contribution is 2.55. The van der Waals surface area contributed by atoms with E-state index in [1.54, 1.807) is 4.90 Å². The molecular weight excluding hydrogens is 435 g/mol. The molecular formula is C23H22F3N5O2. The first kappa shape index (κ1) is 21.5. The molecule has 1 unspecified atom stereocenters. The number of hydrogen-bond acceptors (Lipinski definition) is 6. The van der Waals surface area contributed by atoms with E-state index in [1.807, 2.05) is 17.9 Å². The Morgan fingerprint density at radius 1 is 1.21 bits per heavy atom. The number of aromatic nitrogens is 2. The molecule has 2 saturated heterocycles. The number of fused-ring (bicyclic) bond motifs is 1. The number of hydrogen-bond donors (Lipinski definition) is 1. The molecule has 3 fully saturated rings. The lowest BCUT2D eigenvalue weighted by atomic mass is 10.0. The van der Waals surface area contributed by atoms with Gasteiger partial charge in [-0.2, -0.15) is 23.4 Å². The maximum atomic E-state index is 14.3. The highest BCUT2D eigenvalue weighted by Gasteiger charge is 2.57. The van der Waals surface area contributed by atoms with E-state index in [1.165, 1.54) is 24.3 Å². The van der Waals surface area contributed by atoms with Crippen LogP contribution in [0.1, 0.15) is 31.0 Å². The minimum absolute atomic E-state index is 0.0617. The molecule has 3 heterocycles. The summed E-state index contributed by atoms with van der Waals surface area (Å²) in [4.78, 5) is 23.3. The van der Waals surface area contributed by atoms with Gasteiger partial charge in [0, 0.05) is 32.1 Å². The summed E-state index contributed by atoms with van der Waals surface area (Å²) in [6, 6.07) is 7.99. The molecule has 172 valence electrons. The Kier molecular flexibility index (Phi) is 4.96. The highest BCUT2D eigenvalue weighted by atomic mass is 19.4. The number of benzene rings is 1. The summed E-state index contributed by atoms with van der Waals surface area (Å²) in [5, 5.41) is 18.2. The molecule has 1 N–H and O–H groups in total. The van der Waals surface area contributed by atoms with Gasteiger partial charge in [0.1, 0.15) is 5.82 Å². The first-order valence-corrected chi connectivity index (χ1v) is 10.9. The number of carbonyl (C=O) groups is 1. The topological polar surface area (TPSA) is 93.4 Å². The molecule has 5 rings (SSSR count). The fraction of sp³-hybridized carbons (Fsp3) is 0.478. The van der Waals surface area contributed by atoms with Crippen LogP contribution in [0.25, 0.3) is 11.1 Å². The molecule has 0 amide bonds. The normalized spacial score (nSPS) is 25.9. The summed E-state index contributed by atoms with van der Waals surface area (Å²) in [6.45, 7) is 3.46. The fourth-order valence-corrected chi connectivity index (χ4v) is 5.12. The van der Waals surface area contributed by atoms with Gasteiger partial charge in [0.2, 0.25) is 5.95 Å². The van der Waals surface area contributed by atoms with Crippen molar-refractivity contribution in [2.45, 2.75) is 32.0 Å². The second-order valence-electron chi connectivity index (χ2n) is 9.08. The molecule has 4 atom stereocenters. The number of nitriles is 1. The summed E-state index contributed by atoms with van der Waals surface area (Å²) >= 11 is 0. The van der Waals surface area contributed by atoms with E-state index in [4.69, 9.17) is 10.4 Å². The molecule has 33 heavy (non-hydrogen) atoms. The third kappa shape index (κ3) is 3.75. The number of piperidine rings is 1. The van der Waals surface area contributed by atoms with Gasteiger partial charge in [0.05, 0.1) is 17.2 Å². The summed E-state index contributed by atoms with van der Waals surface area (Å²) in [5.41, 5.74) is -0.448. The number of alkyl halides is 3. The van der Waals surface area contributed by atoms with E-state index in [9.17, 15) is 18.0 Å². The van der Waals surface area contributed by atoms with Crippen molar-refractivity contribution < 1.29 is 23.1 Å². The van der Waals surface area contributed by atoms with Crippen LogP contribution in [0.15, 0.2) is 24.3 Å². The van der Waals surface area contributed by atoms with Crippen LogP contribution in [0.2, 0.25) is 0 Å². The van der Waals surface area contributed by atoms with Crippen molar-refractivity contribution in [3.63, 3.8) is 0 Å². The van der Waals surface area contributed by atoms with E-state index in [-0.39, 0.29) is 47.5 Å². The fourth-order valence-electron chi connectivity index (χ4n) is 5.12. The van der Waals surface area contributed by atoms with Gasteiger partial charge in [-0.1, -0.05) is 12.1 Å². The number of aliphatic carboxylic acids is 1. The van der Waals surface area contributed by atoms with Gasteiger partial charge in [-0.3, -0.25) is 4.79 Å². The van der Waals surface area contributed by atoms with Crippen molar-refractivity contribution in [3.8, 4) is 17.2 Å². The lowest BCUT2D eigenvalue weighted by molar-refractivity contribution is -0.140. The van der Waals surface area contributed by atoms with Crippen molar-refractivity contribution in [3.05, 3.63) is 35.5 Å². The maximum Gasteiger partial charge on any atom is 0.434 e. The van der Waals surface area contributed by atoms with Crippen molar-refractivity contribution >= 4 is 17.7 Å². The minimum atomic E-state index is -4.70. The van der Waals surface area contributed by atoms with Gasteiger partial charge in [0.25, 0.3) is 0 Å². The lowest BCUT2D eigenvalue weighted by Gasteiger charge is -2.39. The average Bonchev–Trinajstić information content (AvgIpc) is 3.18. The standard InChI is InChI=1S/C23H22F3N5O2/c1-12-6-7-31(12)22-28-20(23(24,25)26)19(14-4-2-13(9-27)3-5-14)21(29-22)30-10-16-15(8-18(32)33)17(16)11-30/h2-5,12,15-17H,6-8,10-11H2,1H3,(H,32,33)/t12-,15?,16-,17+/m0/s1.